The van der Waals surface area contributed by atoms with E-state index >= 15 is 0 Å². The van der Waals surface area contributed by atoms with Crippen LogP contribution in [0.15, 0.2) is 12.1 Å². The summed E-state index contributed by atoms with van der Waals surface area (Å²) in [5.41, 5.74) is 11.7. The van der Waals surface area contributed by atoms with E-state index in [0.29, 0.717) is 11.4 Å². The number of carbonyl (C=O) groups excluding carboxylic acids is 2. The fourth-order valence-corrected chi connectivity index (χ4v) is 1.92. The number of hydrogen-bond acceptors (Lipinski definition) is 4. The number of halogens is 1. The van der Waals surface area contributed by atoms with E-state index in [1.165, 1.54) is 17.0 Å². The largest absolute Gasteiger partial charge is 0.399 e. The molecule has 0 aliphatic carbocycles. The Morgan fingerprint density at radius 3 is 2.42 bits per heavy atom. The SMILES string of the molecule is CC(Nc1c(Cl)cc(N)cc1C(N)=O)C(=O)N(C)C. The van der Waals surface area contributed by atoms with Crippen LogP contribution < -0.4 is 16.8 Å². The molecule has 0 aromatic heterocycles. The van der Waals surface area contributed by atoms with Gasteiger partial charge in [-0.3, -0.25) is 9.59 Å². The zero-order chi connectivity index (χ0) is 14.7. The summed E-state index contributed by atoms with van der Waals surface area (Å²) in [7, 11) is 3.28. The molecule has 0 fully saturated rings. The quantitative estimate of drug-likeness (QED) is 0.715. The second kappa shape index (κ2) is 5.79. The molecule has 0 aliphatic rings. The molecule has 1 rings (SSSR count). The molecule has 5 N–H and O–H groups in total. The summed E-state index contributed by atoms with van der Waals surface area (Å²) >= 11 is 6.03. The molecule has 7 heteroatoms. The molecule has 0 saturated carbocycles. The number of primary amides is 1. The molecule has 104 valence electrons. The molecule has 0 aliphatic heterocycles. The number of anilines is 2. The van der Waals surface area contributed by atoms with Crippen LogP contribution in [0.2, 0.25) is 5.02 Å². The topological polar surface area (TPSA) is 101 Å². The van der Waals surface area contributed by atoms with Gasteiger partial charge in [0.2, 0.25) is 5.91 Å². The lowest BCUT2D eigenvalue weighted by Gasteiger charge is -2.21. The molecular weight excluding hydrogens is 268 g/mol. The van der Waals surface area contributed by atoms with Gasteiger partial charge in [0.05, 0.1) is 16.3 Å². The lowest BCUT2D eigenvalue weighted by Crippen LogP contribution is -2.37. The van der Waals surface area contributed by atoms with E-state index in [9.17, 15) is 9.59 Å². The highest BCUT2D eigenvalue weighted by Gasteiger charge is 2.19. The number of carbonyl (C=O) groups is 2. The number of rotatable bonds is 4. The van der Waals surface area contributed by atoms with Crippen LogP contribution in [0.4, 0.5) is 11.4 Å². The van der Waals surface area contributed by atoms with Gasteiger partial charge in [-0.2, -0.15) is 0 Å². The number of nitrogen functional groups attached to an aromatic ring is 1. The van der Waals surface area contributed by atoms with Gasteiger partial charge in [0.15, 0.2) is 0 Å². The van der Waals surface area contributed by atoms with Gasteiger partial charge in [-0.15, -0.1) is 0 Å². The minimum absolute atomic E-state index is 0.150. The first-order valence-electron chi connectivity index (χ1n) is 5.60. The Kier molecular flexibility index (Phi) is 4.61. The molecule has 1 aromatic rings. The number of hydrogen-bond donors (Lipinski definition) is 3. The van der Waals surface area contributed by atoms with Gasteiger partial charge in [0.1, 0.15) is 6.04 Å². The fourth-order valence-electron chi connectivity index (χ4n) is 1.63. The van der Waals surface area contributed by atoms with E-state index in [2.05, 4.69) is 5.32 Å². The smallest absolute Gasteiger partial charge is 0.250 e. The van der Waals surface area contributed by atoms with Gasteiger partial charge < -0.3 is 21.7 Å². The van der Waals surface area contributed by atoms with Crippen molar-refractivity contribution in [2.75, 3.05) is 25.1 Å². The second-order valence-electron chi connectivity index (χ2n) is 4.39. The minimum Gasteiger partial charge on any atom is -0.399 e. The molecule has 1 aromatic carbocycles. The van der Waals surface area contributed by atoms with Crippen LogP contribution in [-0.4, -0.2) is 36.9 Å². The van der Waals surface area contributed by atoms with Gasteiger partial charge in [0.25, 0.3) is 5.91 Å². The zero-order valence-corrected chi connectivity index (χ0v) is 11.8. The van der Waals surface area contributed by atoms with Gasteiger partial charge in [-0.1, -0.05) is 11.6 Å². The Hall–Kier alpha value is -1.95. The van der Waals surface area contributed by atoms with E-state index in [1.807, 2.05) is 0 Å². The van der Waals surface area contributed by atoms with Crippen molar-refractivity contribution >= 4 is 34.8 Å². The van der Waals surface area contributed by atoms with Gasteiger partial charge in [-0.05, 0) is 19.1 Å². The number of amides is 2. The zero-order valence-electron chi connectivity index (χ0n) is 11.0. The summed E-state index contributed by atoms with van der Waals surface area (Å²) in [4.78, 5) is 24.6. The maximum atomic E-state index is 11.8. The number of nitrogens with two attached hydrogens (primary N) is 2. The van der Waals surface area contributed by atoms with Crippen molar-refractivity contribution in [3.8, 4) is 0 Å². The van der Waals surface area contributed by atoms with Gasteiger partial charge >= 0.3 is 0 Å². The number of likely N-dealkylation sites (N-methyl/N-ethyl adjacent to an activating group) is 1. The summed E-state index contributed by atoms with van der Waals surface area (Å²) < 4.78 is 0. The molecule has 0 saturated heterocycles. The van der Waals surface area contributed by atoms with Crippen molar-refractivity contribution in [1.82, 2.24) is 4.90 Å². The number of nitrogens with one attached hydrogen (secondary N) is 1. The Bertz CT molecular complexity index is 517. The lowest BCUT2D eigenvalue weighted by molar-refractivity contribution is -0.129. The Balaban J connectivity index is 3.13. The Labute approximate surface area is 116 Å². The average molecular weight is 285 g/mol. The third kappa shape index (κ3) is 3.51. The first kappa shape index (κ1) is 15.1. The first-order valence-corrected chi connectivity index (χ1v) is 5.98. The maximum Gasteiger partial charge on any atom is 0.250 e. The van der Waals surface area contributed by atoms with E-state index in [1.54, 1.807) is 21.0 Å². The summed E-state index contributed by atoms with van der Waals surface area (Å²) in [5.74, 6) is -0.815. The lowest BCUT2D eigenvalue weighted by atomic mass is 10.1. The Morgan fingerprint density at radius 1 is 1.37 bits per heavy atom. The molecule has 0 heterocycles. The summed E-state index contributed by atoms with van der Waals surface area (Å²) in [5, 5.41) is 3.13. The van der Waals surface area contributed by atoms with Crippen molar-refractivity contribution in [2.45, 2.75) is 13.0 Å². The van der Waals surface area contributed by atoms with Crippen LogP contribution in [0.3, 0.4) is 0 Å². The highest BCUT2D eigenvalue weighted by atomic mass is 35.5. The maximum absolute atomic E-state index is 11.8. The Morgan fingerprint density at radius 2 is 1.95 bits per heavy atom. The van der Waals surface area contributed by atoms with Crippen LogP contribution in [-0.2, 0) is 4.79 Å². The number of nitrogens with zero attached hydrogens (tertiary/aromatic N) is 1. The van der Waals surface area contributed by atoms with Crippen LogP contribution in [0, 0.1) is 0 Å². The minimum atomic E-state index is -0.666. The predicted molar refractivity (Wildman–Crippen MR) is 76.2 cm³/mol. The number of benzene rings is 1. The average Bonchev–Trinajstić information content (AvgIpc) is 2.30. The second-order valence-corrected chi connectivity index (χ2v) is 4.80. The van der Waals surface area contributed by atoms with E-state index in [4.69, 9.17) is 23.1 Å². The molecule has 0 radical (unpaired) electrons. The standard InChI is InChI=1S/C12H17ClN4O2/c1-6(12(19)17(2)3)16-10-8(11(15)18)4-7(14)5-9(10)13/h4-6,16H,14H2,1-3H3,(H2,15,18). The van der Waals surface area contributed by atoms with E-state index in [0.717, 1.165) is 0 Å². The molecule has 1 atom stereocenters. The monoisotopic (exact) mass is 284 g/mol. The molecule has 0 spiro atoms. The molecule has 6 nitrogen and oxygen atoms in total. The molecule has 1 unspecified atom stereocenters. The van der Waals surface area contributed by atoms with Crippen LogP contribution in [0.5, 0.6) is 0 Å². The normalized spacial score (nSPS) is 11.8. The molecule has 19 heavy (non-hydrogen) atoms. The fraction of sp³-hybridized carbons (Fsp3) is 0.333. The molecular formula is C12H17ClN4O2. The predicted octanol–water partition coefficient (Wildman–Crippen LogP) is 0.910. The van der Waals surface area contributed by atoms with Crippen molar-refractivity contribution in [1.29, 1.82) is 0 Å². The first-order chi connectivity index (χ1) is 8.73. The highest BCUT2D eigenvalue weighted by molar-refractivity contribution is 6.34. The summed E-state index contributed by atoms with van der Waals surface area (Å²) in [6, 6.07) is 2.36. The van der Waals surface area contributed by atoms with Crippen LogP contribution in [0.1, 0.15) is 17.3 Å². The van der Waals surface area contributed by atoms with Crippen molar-refractivity contribution in [3.63, 3.8) is 0 Å². The van der Waals surface area contributed by atoms with Crippen molar-refractivity contribution in [3.05, 3.63) is 22.7 Å². The van der Waals surface area contributed by atoms with Crippen molar-refractivity contribution in [2.24, 2.45) is 5.73 Å². The van der Waals surface area contributed by atoms with E-state index < -0.39 is 11.9 Å². The summed E-state index contributed by atoms with van der Waals surface area (Å²) in [6.07, 6.45) is 0. The molecule has 0 bridgehead atoms. The highest BCUT2D eigenvalue weighted by Crippen LogP contribution is 2.29. The van der Waals surface area contributed by atoms with Gasteiger partial charge in [0, 0.05) is 19.8 Å². The van der Waals surface area contributed by atoms with Crippen LogP contribution in [0.25, 0.3) is 0 Å². The van der Waals surface area contributed by atoms with Gasteiger partial charge in [-0.25, -0.2) is 0 Å². The molecule has 2 amide bonds. The van der Waals surface area contributed by atoms with E-state index in [-0.39, 0.29) is 16.5 Å². The van der Waals surface area contributed by atoms with Crippen LogP contribution >= 0.6 is 11.6 Å². The third-order valence-electron chi connectivity index (χ3n) is 2.55. The van der Waals surface area contributed by atoms with Crippen molar-refractivity contribution < 1.29 is 9.59 Å². The summed E-state index contributed by atoms with van der Waals surface area (Å²) in [6.45, 7) is 1.67. The third-order valence-corrected chi connectivity index (χ3v) is 2.85.